The van der Waals surface area contributed by atoms with E-state index in [1.165, 1.54) is 6.92 Å². The average Bonchev–Trinajstić information content (AvgIpc) is 2.49. The molecule has 0 heterocycles. The van der Waals surface area contributed by atoms with Crippen LogP contribution in [0.4, 0.5) is 5.69 Å². The lowest BCUT2D eigenvalue weighted by molar-refractivity contribution is -0.119. The Bertz CT molecular complexity index is 696. The first-order valence-electron chi connectivity index (χ1n) is 6.86. The lowest BCUT2D eigenvalue weighted by Gasteiger charge is -2.08. The van der Waals surface area contributed by atoms with Crippen molar-refractivity contribution in [2.24, 2.45) is 0 Å². The van der Waals surface area contributed by atoms with Crippen molar-refractivity contribution in [3.8, 4) is 0 Å². The molecular formula is C17H17ClN2O2. The Morgan fingerprint density at radius 2 is 1.77 bits per heavy atom. The number of aryl methyl sites for hydroxylation is 1. The lowest BCUT2D eigenvalue weighted by Crippen LogP contribution is -2.19. The second kappa shape index (κ2) is 7.09. The number of amides is 2. The molecule has 114 valence electrons. The van der Waals surface area contributed by atoms with Crippen molar-refractivity contribution in [1.29, 1.82) is 0 Å². The van der Waals surface area contributed by atoms with E-state index in [4.69, 9.17) is 11.6 Å². The van der Waals surface area contributed by atoms with Crippen molar-refractivity contribution < 1.29 is 9.59 Å². The van der Waals surface area contributed by atoms with Gasteiger partial charge >= 0.3 is 0 Å². The highest BCUT2D eigenvalue weighted by molar-refractivity contribution is 6.31. The van der Waals surface area contributed by atoms with E-state index < -0.39 is 0 Å². The Hall–Kier alpha value is -2.33. The molecule has 0 saturated carbocycles. The molecule has 0 aliphatic carbocycles. The van der Waals surface area contributed by atoms with Gasteiger partial charge in [0.25, 0.3) is 5.91 Å². The highest BCUT2D eigenvalue weighted by Crippen LogP contribution is 2.20. The van der Waals surface area contributed by atoms with Gasteiger partial charge in [0, 0.05) is 29.7 Å². The summed E-state index contributed by atoms with van der Waals surface area (Å²) in [5, 5.41) is 6.12. The second-order valence-corrected chi connectivity index (χ2v) is 5.43. The average molecular weight is 317 g/mol. The Morgan fingerprint density at radius 1 is 1.09 bits per heavy atom. The second-order valence-electron chi connectivity index (χ2n) is 5.02. The number of anilines is 1. The van der Waals surface area contributed by atoms with Gasteiger partial charge in [-0.2, -0.15) is 0 Å². The summed E-state index contributed by atoms with van der Waals surface area (Å²) in [6, 6.07) is 12.5. The molecule has 2 aromatic rings. The zero-order valence-electron chi connectivity index (χ0n) is 12.4. The van der Waals surface area contributed by atoms with Crippen LogP contribution in [0.2, 0.25) is 5.02 Å². The van der Waals surface area contributed by atoms with Crippen molar-refractivity contribution in [1.82, 2.24) is 5.32 Å². The molecule has 0 aliphatic rings. The normalized spacial score (nSPS) is 10.1. The minimum atomic E-state index is -0.203. The van der Waals surface area contributed by atoms with Crippen molar-refractivity contribution in [3.05, 3.63) is 64.2 Å². The summed E-state index contributed by atoms with van der Waals surface area (Å²) >= 11 is 6.04. The molecule has 0 radical (unpaired) electrons. The number of rotatable bonds is 4. The summed E-state index contributed by atoms with van der Waals surface area (Å²) in [5.74, 6) is -0.288. The Labute approximate surface area is 134 Å². The van der Waals surface area contributed by atoms with Gasteiger partial charge in [0.1, 0.15) is 0 Å². The number of benzene rings is 2. The maximum atomic E-state index is 12.2. The van der Waals surface area contributed by atoms with Gasteiger partial charge in [-0.1, -0.05) is 29.8 Å². The third kappa shape index (κ3) is 4.33. The highest BCUT2D eigenvalue weighted by atomic mass is 35.5. The van der Waals surface area contributed by atoms with Gasteiger partial charge in [0.15, 0.2) is 0 Å². The van der Waals surface area contributed by atoms with Gasteiger partial charge < -0.3 is 10.6 Å². The van der Waals surface area contributed by atoms with Crippen LogP contribution in [-0.2, 0) is 11.3 Å². The fourth-order valence-corrected chi connectivity index (χ4v) is 2.05. The predicted molar refractivity (Wildman–Crippen MR) is 88.1 cm³/mol. The van der Waals surface area contributed by atoms with E-state index in [1.807, 2.05) is 31.2 Å². The first kappa shape index (κ1) is 16.0. The van der Waals surface area contributed by atoms with Crippen LogP contribution in [0, 0.1) is 6.92 Å². The molecular weight excluding hydrogens is 300 g/mol. The van der Waals surface area contributed by atoms with Gasteiger partial charge in [-0.3, -0.25) is 9.59 Å². The summed E-state index contributed by atoms with van der Waals surface area (Å²) in [5.41, 5.74) is 3.10. The summed E-state index contributed by atoms with van der Waals surface area (Å²) in [4.78, 5) is 23.0. The van der Waals surface area contributed by atoms with Crippen LogP contribution in [0.15, 0.2) is 42.5 Å². The van der Waals surface area contributed by atoms with E-state index in [1.54, 1.807) is 18.2 Å². The Morgan fingerprint density at radius 3 is 2.36 bits per heavy atom. The number of nitrogens with one attached hydrogen (secondary N) is 2. The zero-order chi connectivity index (χ0) is 16.1. The van der Waals surface area contributed by atoms with E-state index in [2.05, 4.69) is 10.6 Å². The number of halogens is 1. The van der Waals surface area contributed by atoms with Gasteiger partial charge in [-0.15, -0.1) is 0 Å². The van der Waals surface area contributed by atoms with Crippen molar-refractivity contribution in [3.63, 3.8) is 0 Å². The molecule has 22 heavy (non-hydrogen) atoms. The molecule has 0 aromatic heterocycles. The number of hydrogen-bond acceptors (Lipinski definition) is 2. The maximum Gasteiger partial charge on any atom is 0.255 e. The van der Waals surface area contributed by atoms with E-state index in [0.717, 1.165) is 11.1 Å². The highest BCUT2D eigenvalue weighted by Gasteiger charge is 2.07. The minimum absolute atomic E-state index is 0.0851. The summed E-state index contributed by atoms with van der Waals surface area (Å²) in [7, 11) is 0. The molecule has 0 unspecified atom stereocenters. The molecule has 0 saturated heterocycles. The van der Waals surface area contributed by atoms with Gasteiger partial charge in [0.2, 0.25) is 5.91 Å². The van der Waals surface area contributed by atoms with Crippen LogP contribution >= 0.6 is 11.6 Å². The summed E-state index contributed by atoms with van der Waals surface area (Å²) < 4.78 is 0. The van der Waals surface area contributed by atoms with Gasteiger partial charge in [0.05, 0.1) is 0 Å². The molecule has 4 nitrogen and oxygen atoms in total. The summed E-state index contributed by atoms with van der Waals surface area (Å²) in [6.07, 6.45) is 0. The van der Waals surface area contributed by atoms with Gasteiger partial charge in [-0.05, 0) is 42.3 Å². The number of hydrogen-bond donors (Lipinski definition) is 2. The van der Waals surface area contributed by atoms with E-state index in [-0.39, 0.29) is 11.8 Å². The van der Waals surface area contributed by atoms with Crippen molar-refractivity contribution >= 4 is 29.1 Å². The molecule has 2 aromatic carbocycles. The SMILES string of the molecule is CC(=O)NCc1ccc(C(=O)Nc2ccc(C)c(Cl)c2)cc1. The van der Waals surface area contributed by atoms with Crippen LogP contribution in [0.3, 0.4) is 0 Å². The molecule has 0 atom stereocenters. The predicted octanol–water partition coefficient (Wildman–Crippen LogP) is 3.54. The van der Waals surface area contributed by atoms with E-state index >= 15 is 0 Å². The molecule has 0 spiro atoms. The summed E-state index contributed by atoms with van der Waals surface area (Å²) in [6.45, 7) is 3.82. The third-order valence-electron chi connectivity index (χ3n) is 3.19. The first-order valence-corrected chi connectivity index (χ1v) is 7.24. The molecule has 5 heteroatoms. The van der Waals surface area contributed by atoms with Crippen LogP contribution < -0.4 is 10.6 Å². The molecule has 0 aliphatic heterocycles. The molecule has 2 N–H and O–H groups in total. The van der Waals surface area contributed by atoms with Crippen LogP contribution in [0.25, 0.3) is 0 Å². The topological polar surface area (TPSA) is 58.2 Å². The first-order chi connectivity index (χ1) is 10.5. The molecule has 0 bridgehead atoms. The van der Waals surface area contributed by atoms with Gasteiger partial charge in [-0.25, -0.2) is 0 Å². The van der Waals surface area contributed by atoms with E-state index in [9.17, 15) is 9.59 Å². The minimum Gasteiger partial charge on any atom is -0.352 e. The molecule has 0 fully saturated rings. The fraction of sp³-hybridized carbons (Fsp3) is 0.176. The largest absolute Gasteiger partial charge is 0.352 e. The van der Waals surface area contributed by atoms with E-state index in [0.29, 0.717) is 22.8 Å². The third-order valence-corrected chi connectivity index (χ3v) is 3.59. The number of carbonyl (C=O) groups excluding carboxylic acids is 2. The zero-order valence-corrected chi connectivity index (χ0v) is 13.2. The standard InChI is InChI=1S/C17H17ClN2O2/c1-11-3-8-15(9-16(11)18)20-17(22)14-6-4-13(5-7-14)10-19-12(2)21/h3-9H,10H2,1-2H3,(H,19,21)(H,20,22). The quantitative estimate of drug-likeness (QED) is 0.906. The lowest BCUT2D eigenvalue weighted by atomic mass is 10.1. The smallest absolute Gasteiger partial charge is 0.255 e. The van der Waals surface area contributed by atoms with Crippen LogP contribution in [-0.4, -0.2) is 11.8 Å². The maximum absolute atomic E-state index is 12.2. The Kier molecular flexibility index (Phi) is 5.17. The monoisotopic (exact) mass is 316 g/mol. The van der Waals surface area contributed by atoms with Crippen LogP contribution in [0.1, 0.15) is 28.4 Å². The molecule has 2 rings (SSSR count). The number of carbonyl (C=O) groups is 2. The van der Waals surface area contributed by atoms with Crippen molar-refractivity contribution in [2.45, 2.75) is 20.4 Å². The fourth-order valence-electron chi connectivity index (χ4n) is 1.87. The Balaban J connectivity index is 2.03. The van der Waals surface area contributed by atoms with Crippen molar-refractivity contribution in [2.75, 3.05) is 5.32 Å². The molecule has 2 amide bonds. The van der Waals surface area contributed by atoms with Crippen LogP contribution in [0.5, 0.6) is 0 Å².